The van der Waals surface area contributed by atoms with Gasteiger partial charge in [-0.15, -0.1) is 0 Å². The summed E-state index contributed by atoms with van der Waals surface area (Å²) in [5, 5.41) is 12.3. The molecule has 2 N–H and O–H groups in total. The van der Waals surface area contributed by atoms with Gasteiger partial charge in [-0.05, 0) is 171 Å². The summed E-state index contributed by atoms with van der Waals surface area (Å²) in [6.07, 6.45) is 11.5. The monoisotopic (exact) mass is 977 g/mol. The summed E-state index contributed by atoms with van der Waals surface area (Å²) in [6.45, 7) is 55.3. The molecule has 0 aliphatic rings. The SMILES string of the molecule is C/C=C(\C)[C@@H](O[Si](C)(C)C(C)(C)C)[C@@H](C)[C@@H](C)C/C=C(\C)C(=O)N(C)C(CC(C)C)C(C)=O.C/C=C(\C)[C@@H](O[Si](C)(C)C(C)(C)C)[C@@H](C)[C@@H](C)C/C=C(\C)C(=O)O.CN[C@H](CC(C)C)C(C)=O. The number of aliphatic carboxylic acids is 1. The van der Waals surface area contributed by atoms with Gasteiger partial charge in [-0.3, -0.25) is 14.4 Å². The Kier molecular flexibility index (Phi) is 31.8. The number of carbonyl (C=O) groups excluding carboxylic acids is 3. The van der Waals surface area contributed by atoms with E-state index in [0.29, 0.717) is 53.1 Å². The van der Waals surface area contributed by atoms with Crippen molar-refractivity contribution in [2.45, 2.75) is 239 Å². The van der Waals surface area contributed by atoms with E-state index < -0.39 is 22.6 Å². The summed E-state index contributed by atoms with van der Waals surface area (Å²) in [7, 11) is -0.211. The maximum atomic E-state index is 13.0. The van der Waals surface area contributed by atoms with E-state index >= 15 is 0 Å². The Labute approximate surface area is 416 Å². The van der Waals surface area contributed by atoms with Crippen LogP contribution in [0.4, 0.5) is 0 Å². The lowest BCUT2D eigenvalue weighted by atomic mass is 9.85. The Bertz CT molecular complexity index is 1640. The number of hydrogen-bond donors (Lipinski definition) is 2. The van der Waals surface area contributed by atoms with Gasteiger partial charge in [0, 0.05) is 18.2 Å². The van der Waals surface area contributed by atoms with E-state index in [4.69, 9.17) is 14.0 Å². The topological polar surface area (TPSA) is 122 Å². The minimum Gasteiger partial charge on any atom is -0.478 e. The molecule has 0 heterocycles. The number of Topliss-reactive ketones (excluding diaryl/α,β-unsaturated/α-hetero) is 2. The van der Waals surface area contributed by atoms with Crippen LogP contribution >= 0.6 is 0 Å². The summed E-state index contributed by atoms with van der Waals surface area (Å²) < 4.78 is 13.6. The maximum absolute atomic E-state index is 13.0. The van der Waals surface area contributed by atoms with Gasteiger partial charge < -0.3 is 24.2 Å². The molecule has 1 unspecified atom stereocenters. The standard InChI is InChI=1S/C28H53NO3Si.C20H38O3Si.C8H17NO/c1-15-20(4)26(32-33(13,14)28(9,10)11)23(7)21(5)16-17-22(6)27(31)29(12)25(24(8)30)18-19(2)3;1-11-14(2)18(23-24(9,10)20(6,7)8)17(5)15(3)12-13-16(4)19(21)22;1-6(2)5-8(9-4)7(3)10/h15,17,19,21,23,25-26H,16,18H2,1-14H3;11,13,15,17-18H,12H2,1-10H3,(H,21,22);6,8-9H,5H2,1-4H3/b20-15+,22-17+;14-11+,16-13+;/t21-,23-,25?,26+;15-,17-,18+;8-/m001/s1. The second-order valence-electron chi connectivity index (χ2n) is 23.6. The number of nitrogens with zero attached hydrogens (tertiary/aromatic N) is 1. The zero-order valence-corrected chi connectivity index (χ0v) is 50.8. The number of carboxylic acids is 1. The molecule has 0 aromatic carbocycles. The molecule has 0 fully saturated rings. The summed E-state index contributed by atoms with van der Waals surface area (Å²) in [4.78, 5) is 48.6. The molecule has 0 saturated carbocycles. The van der Waals surface area contributed by atoms with Gasteiger partial charge in [0.1, 0.15) is 5.78 Å². The van der Waals surface area contributed by atoms with E-state index in [9.17, 15) is 19.2 Å². The van der Waals surface area contributed by atoms with Gasteiger partial charge in [0.05, 0.1) is 24.3 Å². The van der Waals surface area contributed by atoms with Gasteiger partial charge in [0.15, 0.2) is 22.4 Å². The van der Waals surface area contributed by atoms with Gasteiger partial charge in [0.25, 0.3) is 0 Å². The van der Waals surface area contributed by atoms with E-state index in [0.717, 1.165) is 19.3 Å². The van der Waals surface area contributed by atoms with Crippen LogP contribution in [0, 0.1) is 35.5 Å². The average Bonchev–Trinajstić information content (AvgIpc) is 3.21. The first kappa shape index (κ1) is 68.8. The van der Waals surface area contributed by atoms with Crippen LogP contribution in [0.25, 0.3) is 0 Å². The summed E-state index contributed by atoms with van der Waals surface area (Å²) in [5.41, 5.74) is 3.65. The van der Waals surface area contributed by atoms with Crippen molar-refractivity contribution in [1.82, 2.24) is 10.2 Å². The third-order valence-corrected chi connectivity index (χ3v) is 23.7. The lowest BCUT2D eigenvalue weighted by Crippen LogP contribution is -2.46. The van der Waals surface area contributed by atoms with E-state index in [1.54, 1.807) is 32.7 Å². The predicted octanol–water partition coefficient (Wildman–Crippen LogP) is 14.7. The summed E-state index contributed by atoms with van der Waals surface area (Å²) >= 11 is 0. The fourth-order valence-corrected chi connectivity index (χ4v) is 9.67. The Balaban J connectivity index is -0.00000105. The van der Waals surface area contributed by atoms with Crippen LogP contribution in [0.5, 0.6) is 0 Å². The summed E-state index contributed by atoms with van der Waals surface area (Å²) in [6, 6.07) is -0.308. The predicted molar refractivity (Wildman–Crippen MR) is 294 cm³/mol. The molecule has 9 nitrogen and oxygen atoms in total. The van der Waals surface area contributed by atoms with Crippen molar-refractivity contribution in [3.63, 3.8) is 0 Å². The van der Waals surface area contributed by atoms with E-state index in [1.165, 1.54) is 11.1 Å². The largest absolute Gasteiger partial charge is 0.478 e. The summed E-state index contributed by atoms with van der Waals surface area (Å²) in [5.74, 6) is 1.66. The first-order chi connectivity index (χ1) is 30.2. The molecule has 11 heteroatoms. The van der Waals surface area contributed by atoms with E-state index in [2.05, 4.69) is 168 Å². The second kappa shape index (κ2) is 31.0. The molecule has 67 heavy (non-hydrogen) atoms. The highest BCUT2D eigenvalue weighted by molar-refractivity contribution is 6.74. The van der Waals surface area contributed by atoms with Gasteiger partial charge in [-0.1, -0.05) is 121 Å². The quantitative estimate of drug-likeness (QED) is 0.0557. The fourth-order valence-electron chi connectivity index (χ4n) is 6.89. The smallest absolute Gasteiger partial charge is 0.330 e. The van der Waals surface area contributed by atoms with Crippen molar-refractivity contribution >= 4 is 40.1 Å². The van der Waals surface area contributed by atoms with Crippen LogP contribution in [0.15, 0.2) is 46.6 Å². The molecule has 0 saturated heterocycles. The number of ketones is 2. The molecule has 0 aliphatic carbocycles. The molecule has 0 aromatic rings. The molecule has 0 rings (SSSR count). The minimum absolute atomic E-state index is 0.0433. The number of rotatable bonds is 24. The minimum atomic E-state index is -1.92. The molecule has 0 aliphatic heterocycles. The third-order valence-electron chi connectivity index (χ3n) is 14.8. The molecule has 0 bridgehead atoms. The Morgan fingerprint density at radius 3 is 1.19 bits per heavy atom. The lowest BCUT2D eigenvalue weighted by molar-refractivity contribution is -0.134. The Hall–Kier alpha value is -2.45. The van der Waals surface area contributed by atoms with E-state index in [1.807, 2.05) is 26.1 Å². The Morgan fingerprint density at radius 2 is 0.955 bits per heavy atom. The number of amides is 1. The van der Waals surface area contributed by atoms with Gasteiger partial charge in [-0.25, -0.2) is 4.79 Å². The lowest BCUT2D eigenvalue weighted by Gasteiger charge is -2.42. The van der Waals surface area contributed by atoms with Gasteiger partial charge in [0.2, 0.25) is 5.91 Å². The number of likely N-dealkylation sites (N-methyl/N-ethyl adjacent to an activating group) is 2. The van der Waals surface area contributed by atoms with Crippen LogP contribution in [-0.4, -0.2) is 88.5 Å². The number of carbonyl (C=O) groups is 4. The highest BCUT2D eigenvalue weighted by Gasteiger charge is 2.42. The van der Waals surface area contributed by atoms with Crippen LogP contribution in [0.2, 0.25) is 36.3 Å². The van der Waals surface area contributed by atoms with Crippen molar-refractivity contribution in [2.24, 2.45) is 35.5 Å². The normalized spacial score (nSPS) is 17.2. The molecular formula is C56H108N2O7Si2. The fraction of sp³-hybridized carbons (Fsp3) is 0.786. The molecule has 1 amide bonds. The number of allylic oxidation sites excluding steroid dienone is 4. The molecule has 392 valence electrons. The van der Waals surface area contributed by atoms with Crippen molar-refractivity contribution in [3.8, 4) is 0 Å². The molecular weight excluding hydrogens is 869 g/mol. The van der Waals surface area contributed by atoms with Crippen molar-refractivity contribution in [1.29, 1.82) is 0 Å². The third kappa shape index (κ3) is 25.3. The molecule has 8 atom stereocenters. The Morgan fingerprint density at radius 1 is 0.612 bits per heavy atom. The van der Waals surface area contributed by atoms with Crippen molar-refractivity contribution in [3.05, 3.63) is 46.6 Å². The second-order valence-corrected chi connectivity index (χ2v) is 33.2. The van der Waals surface area contributed by atoms with Crippen LogP contribution < -0.4 is 5.32 Å². The number of carboxylic acid groups (broad SMARTS) is 1. The highest BCUT2D eigenvalue weighted by atomic mass is 28.4. The van der Waals surface area contributed by atoms with Gasteiger partial charge >= 0.3 is 5.97 Å². The van der Waals surface area contributed by atoms with Crippen LogP contribution in [0.1, 0.15) is 178 Å². The first-order valence-electron chi connectivity index (χ1n) is 25.3. The van der Waals surface area contributed by atoms with Crippen molar-refractivity contribution < 1.29 is 33.1 Å². The average molecular weight is 978 g/mol. The van der Waals surface area contributed by atoms with Gasteiger partial charge in [-0.2, -0.15) is 0 Å². The first-order valence-corrected chi connectivity index (χ1v) is 31.1. The molecule has 0 aromatic heterocycles. The number of nitrogens with one attached hydrogen (secondary N) is 1. The zero-order chi connectivity index (χ0) is 53.7. The highest BCUT2D eigenvalue weighted by Crippen LogP contribution is 2.41. The van der Waals surface area contributed by atoms with Crippen LogP contribution in [0.3, 0.4) is 0 Å². The number of hydrogen-bond acceptors (Lipinski definition) is 7. The van der Waals surface area contributed by atoms with Crippen molar-refractivity contribution in [2.75, 3.05) is 14.1 Å². The van der Waals surface area contributed by atoms with Crippen LogP contribution in [-0.2, 0) is 28.0 Å². The molecule has 0 spiro atoms. The van der Waals surface area contributed by atoms with E-state index in [-0.39, 0.29) is 51.8 Å². The molecule has 0 radical (unpaired) electrons. The zero-order valence-electron chi connectivity index (χ0n) is 48.8. The maximum Gasteiger partial charge on any atom is 0.330 e.